The number of aryl methyl sites for hydroxylation is 2. The van der Waals surface area contributed by atoms with Crippen molar-refractivity contribution in [3.05, 3.63) is 28.8 Å². The summed E-state index contributed by atoms with van der Waals surface area (Å²) in [5.74, 6) is -1.08. The number of hydrogen-bond donors (Lipinski definition) is 2. The zero-order valence-corrected chi connectivity index (χ0v) is 14.0. The first-order valence-electron chi connectivity index (χ1n) is 8.68. The van der Waals surface area contributed by atoms with Crippen LogP contribution in [0, 0.1) is 0 Å². The first kappa shape index (κ1) is 18.5. The van der Waals surface area contributed by atoms with Crippen LogP contribution >= 0.6 is 0 Å². The third-order valence-electron chi connectivity index (χ3n) is 4.10. The summed E-state index contributed by atoms with van der Waals surface area (Å²) in [6.45, 7) is 4.34. The summed E-state index contributed by atoms with van der Waals surface area (Å²) in [5.41, 5.74) is 1.89. The van der Waals surface area contributed by atoms with E-state index in [0.29, 0.717) is 0 Å². The van der Waals surface area contributed by atoms with E-state index in [4.69, 9.17) is 0 Å². The number of rotatable bonds is 11. The second-order valence-corrected chi connectivity index (χ2v) is 6.08. The van der Waals surface area contributed by atoms with Crippen molar-refractivity contribution in [3.8, 4) is 5.75 Å². The van der Waals surface area contributed by atoms with Crippen LogP contribution in [0.25, 0.3) is 0 Å². The van der Waals surface area contributed by atoms with Gasteiger partial charge in [-0.15, -0.1) is 0 Å². The van der Waals surface area contributed by atoms with Gasteiger partial charge in [0.25, 0.3) is 0 Å². The van der Waals surface area contributed by atoms with Crippen molar-refractivity contribution in [2.24, 2.45) is 0 Å². The number of unbranched alkanes of at least 4 members (excludes halogenated alkanes) is 6. The summed E-state index contributed by atoms with van der Waals surface area (Å²) in [4.78, 5) is 11.3. The van der Waals surface area contributed by atoms with Gasteiger partial charge in [-0.25, -0.2) is 4.79 Å². The van der Waals surface area contributed by atoms with Gasteiger partial charge in [0.1, 0.15) is 11.3 Å². The Morgan fingerprint density at radius 1 is 0.909 bits per heavy atom. The monoisotopic (exact) mass is 306 g/mol. The highest BCUT2D eigenvalue weighted by atomic mass is 16.4. The Morgan fingerprint density at radius 3 is 2.05 bits per heavy atom. The third kappa shape index (κ3) is 6.08. The Bertz CT molecular complexity index is 466. The van der Waals surface area contributed by atoms with Gasteiger partial charge in [-0.2, -0.15) is 0 Å². The van der Waals surface area contributed by atoms with Crippen LogP contribution in [0.4, 0.5) is 0 Å². The van der Waals surface area contributed by atoms with Crippen molar-refractivity contribution in [2.45, 2.75) is 78.1 Å². The van der Waals surface area contributed by atoms with Gasteiger partial charge in [0.05, 0.1) is 0 Å². The summed E-state index contributed by atoms with van der Waals surface area (Å²) in [5, 5.41) is 19.4. The highest BCUT2D eigenvalue weighted by Crippen LogP contribution is 2.27. The average Bonchev–Trinajstić information content (AvgIpc) is 2.50. The first-order valence-corrected chi connectivity index (χ1v) is 8.68. The summed E-state index contributed by atoms with van der Waals surface area (Å²) in [6, 6.07) is 3.64. The molecule has 1 aromatic carbocycles. The molecule has 0 heterocycles. The molecule has 0 saturated heterocycles. The molecule has 0 amide bonds. The zero-order valence-electron chi connectivity index (χ0n) is 14.0. The summed E-state index contributed by atoms with van der Waals surface area (Å²) >= 11 is 0. The fourth-order valence-corrected chi connectivity index (χ4v) is 2.76. The molecule has 0 spiro atoms. The SMILES string of the molecule is CCCCCCc1cc(CCCCCC)c(O)c(C(=O)O)c1. The minimum atomic E-state index is -1.04. The van der Waals surface area contributed by atoms with Gasteiger partial charge in [0.15, 0.2) is 0 Å². The minimum Gasteiger partial charge on any atom is -0.507 e. The molecule has 0 fully saturated rings. The molecule has 1 rings (SSSR count). The Morgan fingerprint density at radius 2 is 1.50 bits per heavy atom. The molecule has 0 bridgehead atoms. The molecule has 0 radical (unpaired) electrons. The van der Waals surface area contributed by atoms with E-state index in [1.165, 1.54) is 32.1 Å². The van der Waals surface area contributed by atoms with E-state index in [1.807, 2.05) is 6.07 Å². The van der Waals surface area contributed by atoms with Gasteiger partial charge < -0.3 is 10.2 Å². The van der Waals surface area contributed by atoms with Gasteiger partial charge in [0, 0.05) is 0 Å². The summed E-state index contributed by atoms with van der Waals surface area (Å²) in [7, 11) is 0. The Labute approximate surface area is 134 Å². The minimum absolute atomic E-state index is 0.0405. The summed E-state index contributed by atoms with van der Waals surface area (Å²) in [6.07, 6.45) is 10.8. The molecule has 22 heavy (non-hydrogen) atoms. The topological polar surface area (TPSA) is 57.5 Å². The van der Waals surface area contributed by atoms with Crippen molar-refractivity contribution in [2.75, 3.05) is 0 Å². The number of benzene rings is 1. The van der Waals surface area contributed by atoms with Crippen molar-refractivity contribution in [1.82, 2.24) is 0 Å². The predicted octanol–water partition coefficient (Wildman–Crippen LogP) is 5.34. The van der Waals surface area contributed by atoms with Gasteiger partial charge >= 0.3 is 5.97 Å². The van der Waals surface area contributed by atoms with E-state index in [9.17, 15) is 15.0 Å². The highest BCUT2D eigenvalue weighted by molar-refractivity contribution is 5.91. The van der Waals surface area contributed by atoms with E-state index < -0.39 is 5.97 Å². The molecule has 0 unspecified atom stereocenters. The molecular formula is C19H30O3. The van der Waals surface area contributed by atoms with Crippen LogP contribution in [0.5, 0.6) is 5.75 Å². The van der Waals surface area contributed by atoms with Crippen molar-refractivity contribution in [1.29, 1.82) is 0 Å². The number of hydrogen-bond acceptors (Lipinski definition) is 2. The van der Waals surface area contributed by atoms with E-state index in [2.05, 4.69) is 13.8 Å². The number of carboxylic acid groups (broad SMARTS) is 1. The molecule has 3 nitrogen and oxygen atoms in total. The zero-order chi connectivity index (χ0) is 16.4. The molecular weight excluding hydrogens is 276 g/mol. The number of aromatic hydroxyl groups is 1. The van der Waals surface area contributed by atoms with Crippen LogP contribution in [0.1, 0.15) is 86.7 Å². The lowest BCUT2D eigenvalue weighted by atomic mass is 9.96. The molecule has 0 aliphatic rings. The van der Waals surface area contributed by atoms with Gasteiger partial charge in [-0.05, 0) is 42.9 Å². The Hall–Kier alpha value is -1.51. The number of aromatic carboxylic acids is 1. The predicted molar refractivity (Wildman–Crippen MR) is 90.8 cm³/mol. The standard InChI is InChI=1S/C19H30O3/c1-3-5-7-9-11-15-13-16(12-10-8-6-4-2)18(20)17(14-15)19(21)22/h13-14,20H,3-12H2,1-2H3,(H,21,22). The lowest BCUT2D eigenvalue weighted by Crippen LogP contribution is -2.02. The highest BCUT2D eigenvalue weighted by Gasteiger charge is 2.15. The van der Waals surface area contributed by atoms with Gasteiger partial charge in [-0.1, -0.05) is 58.4 Å². The van der Waals surface area contributed by atoms with Gasteiger partial charge in [-0.3, -0.25) is 0 Å². The lowest BCUT2D eigenvalue weighted by Gasteiger charge is -2.11. The van der Waals surface area contributed by atoms with E-state index >= 15 is 0 Å². The normalized spacial score (nSPS) is 10.8. The molecule has 0 saturated carbocycles. The first-order chi connectivity index (χ1) is 10.6. The summed E-state index contributed by atoms with van der Waals surface area (Å²) < 4.78 is 0. The maximum absolute atomic E-state index is 11.3. The Balaban J connectivity index is 2.79. The molecule has 0 aliphatic heterocycles. The number of carboxylic acids is 1. The lowest BCUT2D eigenvalue weighted by molar-refractivity contribution is 0.0693. The molecule has 0 aromatic heterocycles. The van der Waals surface area contributed by atoms with Crippen molar-refractivity contribution >= 4 is 5.97 Å². The largest absolute Gasteiger partial charge is 0.507 e. The van der Waals surface area contributed by atoms with E-state index in [1.54, 1.807) is 6.07 Å². The smallest absolute Gasteiger partial charge is 0.339 e. The second kappa shape index (κ2) is 10.3. The molecule has 0 aliphatic carbocycles. The van der Waals surface area contributed by atoms with Crippen LogP contribution in [-0.4, -0.2) is 16.2 Å². The number of carbonyl (C=O) groups is 1. The molecule has 2 N–H and O–H groups in total. The second-order valence-electron chi connectivity index (χ2n) is 6.08. The molecule has 1 aromatic rings. The molecule has 124 valence electrons. The fourth-order valence-electron chi connectivity index (χ4n) is 2.76. The number of phenols is 1. The molecule has 3 heteroatoms. The quantitative estimate of drug-likeness (QED) is 0.543. The third-order valence-corrected chi connectivity index (χ3v) is 4.10. The van der Waals surface area contributed by atoms with Gasteiger partial charge in [0.2, 0.25) is 0 Å². The van der Waals surface area contributed by atoms with E-state index in [-0.39, 0.29) is 11.3 Å². The van der Waals surface area contributed by atoms with Crippen molar-refractivity contribution < 1.29 is 15.0 Å². The maximum atomic E-state index is 11.3. The van der Waals surface area contributed by atoms with Crippen LogP contribution in [0.3, 0.4) is 0 Å². The van der Waals surface area contributed by atoms with Crippen LogP contribution in [-0.2, 0) is 12.8 Å². The van der Waals surface area contributed by atoms with Crippen LogP contribution in [0.15, 0.2) is 12.1 Å². The van der Waals surface area contributed by atoms with Crippen molar-refractivity contribution in [3.63, 3.8) is 0 Å². The maximum Gasteiger partial charge on any atom is 0.339 e. The fraction of sp³-hybridized carbons (Fsp3) is 0.632. The van der Waals surface area contributed by atoms with E-state index in [0.717, 1.165) is 43.2 Å². The Kier molecular flexibility index (Phi) is 8.64. The van der Waals surface area contributed by atoms with Crippen LogP contribution < -0.4 is 0 Å². The molecule has 0 atom stereocenters. The average molecular weight is 306 g/mol. The van der Waals surface area contributed by atoms with Crippen LogP contribution in [0.2, 0.25) is 0 Å².